The van der Waals surface area contributed by atoms with Crippen LogP contribution in [0.4, 0.5) is 0 Å². The van der Waals surface area contributed by atoms with Crippen LogP contribution in [-0.2, 0) is 4.74 Å². The Hall–Kier alpha value is -1.58. The van der Waals surface area contributed by atoms with Gasteiger partial charge in [-0.25, -0.2) is 0 Å². The highest BCUT2D eigenvalue weighted by Gasteiger charge is 2.12. The summed E-state index contributed by atoms with van der Waals surface area (Å²) >= 11 is 0. The van der Waals surface area contributed by atoms with Gasteiger partial charge in [-0.15, -0.1) is 0 Å². The molecule has 0 aliphatic rings. The number of unbranched alkanes of at least 4 members (excludes halogenated alkanes) is 1. The molecule has 0 aromatic heterocycles. The number of ether oxygens (including phenoxy) is 2. The summed E-state index contributed by atoms with van der Waals surface area (Å²) in [6, 6.07) is 12.1. The summed E-state index contributed by atoms with van der Waals surface area (Å²) in [5, 5.41) is 12.1. The minimum absolute atomic E-state index is 0.534. The number of hydrogen-bond donors (Lipinski definition) is 1. The summed E-state index contributed by atoms with van der Waals surface area (Å²) in [5.41, 5.74) is 0.843. The minimum atomic E-state index is -0.534. The maximum Gasteiger partial charge on any atom is 0.132 e. The number of hydrogen-bond acceptors (Lipinski definition) is 3. The highest BCUT2D eigenvalue weighted by Crippen LogP contribution is 2.33. The lowest BCUT2D eigenvalue weighted by molar-refractivity contribution is 0.179. The third-order valence-electron chi connectivity index (χ3n) is 3.35. The second-order valence-electron chi connectivity index (χ2n) is 4.93. The molecule has 0 saturated carbocycles. The van der Waals surface area contributed by atoms with Crippen LogP contribution in [-0.4, -0.2) is 25.4 Å². The normalized spacial score (nSPS) is 12.6. The lowest BCUT2D eigenvalue weighted by Gasteiger charge is -2.16. The first kappa shape index (κ1) is 14.8. The molecule has 0 aliphatic heterocycles. The standard InChI is InChI=1S/C17H22O3/c1-13(18)15-10-9-14-7-3-4-8-16(14)17(15)20-12-6-5-11-19-2/h3-4,7-10,13,18H,5-6,11-12H2,1-2H3/t13-/m0/s1. The zero-order valence-electron chi connectivity index (χ0n) is 12.1. The summed E-state index contributed by atoms with van der Waals surface area (Å²) in [6.07, 6.45) is 1.38. The van der Waals surface area contributed by atoms with Gasteiger partial charge in [0.2, 0.25) is 0 Å². The summed E-state index contributed by atoms with van der Waals surface area (Å²) in [5.74, 6) is 0.801. The lowest BCUT2D eigenvalue weighted by atomic mass is 10.0. The first-order valence-corrected chi connectivity index (χ1v) is 7.05. The molecule has 1 N–H and O–H groups in total. The predicted octanol–water partition coefficient (Wildman–Crippen LogP) is 3.70. The van der Waals surface area contributed by atoms with Crippen LogP contribution in [0.1, 0.15) is 31.4 Å². The van der Waals surface area contributed by atoms with Crippen molar-refractivity contribution < 1.29 is 14.6 Å². The van der Waals surface area contributed by atoms with Gasteiger partial charge in [0.1, 0.15) is 5.75 Å². The topological polar surface area (TPSA) is 38.7 Å². The van der Waals surface area contributed by atoms with Crippen LogP contribution >= 0.6 is 0 Å². The van der Waals surface area contributed by atoms with Crippen LogP contribution in [0.2, 0.25) is 0 Å². The molecule has 0 spiro atoms. The van der Waals surface area contributed by atoms with Crippen molar-refractivity contribution in [1.82, 2.24) is 0 Å². The Bertz CT molecular complexity index is 549. The molecule has 0 fully saturated rings. The molecule has 1 atom stereocenters. The summed E-state index contributed by atoms with van der Waals surface area (Å²) in [4.78, 5) is 0. The van der Waals surface area contributed by atoms with Gasteiger partial charge in [-0.05, 0) is 25.2 Å². The Kier molecular flexibility index (Phi) is 5.39. The van der Waals surface area contributed by atoms with Crippen LogP contribution in [0.25, 0.3) is 10.8 Å². The van der Waals surface area contributed by atoms with E-state index in [-0.39, 0.29) is 0 Å². The van der Waals surface area contributed by atoms with E-state index in [0.29, 0.717) is 6.61 Å². The monoisotopic (exact) mass is 274 g/mol. The van der Waals surface area contributed by atoms with Gasteiger partial charge in [0.05, 0.1) is 12.7 Å². The summed E-state index contributed by atoms with van der Waals surface area (Å²) in [7, 11) is 1.71. The Morgan fingerprint density at radius 2 is 1.80 bits per heavy atom. The van der Waals surface area contributed by atoms with E-state index >= 15 is 0 Å². The van der Waals surface area contributed by atoms with Gasteiger partial charge < -0.3 is 14.6 Å². The Balaban J connectivity index is 2.21. The molecule has 3 heteroatoms. The maximum absolute atomic E-state index is 9.90. The summed E-state index contributed by atoms with van der Waals surface area (Å²) in [6.45, 7) is 3.15. The largest absolute Gasteiger partial charge is 0.493 e. The molecule has 0 unspecified atom stereocenters. The number of benzene rings is 2. The molecule has 0 saturated heterocycles. The zero-order valence-corrected chi connectivity index (χ0v) is 12.1. The lowest BCUT2D eigenvalue weighted by Crippen LogP contribution is -2.04. The molecule has 2 rings (SSSR count). The van der Waals surface area contributed by atoms with Crippen LogP contribution in [0.3, 0.4) is 0 Å². The van der Waals surface area contributed by atoms with Crippen molar-refractivity contribution in [2.75, 3.05) is 20.3 Å². The molecular weight excluding hydrogens is 252 g/mol. The van der Waals surface area contributed by atoms with E-state index in [0.717, 1.165) is 41.5 Å². The molecule has 2 aromatic carbocycles. The summed E-state index contributed by atoms with van der Waals surface area (Å²) < 4.78 is 11.0. The third kappa shape index (κ3) is 3.50. The van der Waals surface area contributed by atoms with Crippen molar-refractivity contribution in [3.8, 4) is 5.75 Å². The molecule has 2 aromatic rings. The highest BCUT2D eigenvalue weighted by atomic mass is 16.5. The molecule has 0 bridgehead atoms. The van der Waals surface area contributed by atoms with E-state index in [2.05, 4.69) is 6.07 Å². The van der Waals surface area contributed by atoms with E-state index in [1.807, 2.05) is 30.3 Å². The quantitative estimate of drug-likeness (QED) is 0.782. The van der Waals surface area contributed by atoms with E-state index in [9.17, 15) is 5.11 Å². The van der Waals surface area contributed by atoms with Gasteiger partial charge in [0, 0.05) is 24.7 Å². The first-order chi connectivity index (χ1) is 9.74. The number of rotatable bonds is 7. The van der Waals surface area contributed by atoms with Gasteiger partial charge in [0.25, 0.3) is 0 Å². The smallest absolute Gasteiger partial charge is 0.132 e. The molecule has 0 radical (unpaired) electrons. The number of methoxy groups -OCH3 is 1. The molecule has 20 heavy (non-hydrogen) atoms. The average molecular weight is 274 g/mol. The van der Waals surface area contributed by atoms with Crippen LogP contribution in [0.5, 0.6) is 5.75 Å². The Morgan fingerprint density at radius 3 is 2.55 bits per heavy atom. The first-order valence-electron chi connectivity index (χ1n) is 7.05. The molecule has 0 aliphatic carbocycles. The Labute approximate surface area is 120 Å². The van der Waals surface area contributed by atoms with Crippen molar-refractivity contribution in [3.63, 3.8) is 0 Å². The van der Waals surface area contributed by atoms with Gasteiger partial charge >= 0.3 is 0 Å². The average Bonchev–Trinajstić information content (AvgIpc) is 2.46. The minimum Gasteiger partial charge on any atom is -0.493 e. The van der Waals surface area contributed by atoms with Crippen molar-refractivity contribution in [3.05, 3.63) is 42.0 Å². The van der Waals surface area contributed by atoms with E-state index in [1.165, 1.54) is 0 Å². The number of aliphatic hydroxyl groups excluding tert-OH is 1. The fourth-order valence-corrected chi connectivity index (χ4v) is 2.27. The van der Waals surface area contributed by atoms with Crippen molar-refractivity contribution >= 4 is 10.8 Å². The zero-order chi connectivity index (χ0) is 14.4. The number of fused-ring (bicyclic) bond motifs is 1. The van der Waals surface area contributed by atoms with Crippen molar-refractivity contribution in [2.24, 2.45) is 0 Å². The van der Waals surface area contributed by atoms with Gasteiger partial charge in [0.15, 0.2) is 0 Å². The van der Waals surface area contributed by atoms with Crippen molar-refractivity contribution in [1.29, 1.82) is 0 Å². The SMILES string of the molecule is COCCCCOc1c([C@H](C)O)ccc2ccccc12. The third-order valence-corrected chi connectivity index (χ3v) is 3.35. The predicted molar refractivity (Wildman–Crippen MR) is 81.2 cm³/mol. The molecule has 0 heterocycles. The van der Waals surface area contributed by atoms with E-state index in [4.69, 9.17) is 9.47 Å². The second-order valence-corrected chi connectivity index (χ2v) is 4.93. The van der Waals surface area contributed by atoms with Crippen LogP contribution in [0.15, 0.2) is 36.4 Å². The molecule has 108 valence electrons. The highest BCUT2D eigenvalue weighted by molar-refractivity contribution is 5.89. The van der Waals surface area contributed by atoms with Crippen molar-refractivity contribution in [2.45, 2.75) is 25.9 Å². The fraction of sp³-hybridized carbons (Fsp3) is 0.412. The molecule has 0 amide bonds. The second kappa shape index (κ2) is 7.27. The molecule has 3 nitrogen and oxygen atoms in total. The molecular formula is C17H22O3. The van der Waals surface area contributed by atoms with Gasteiger partial charge in [-0.2, -0.15) is 0 Å². The fourth-order valence-electron chi connectivity index (χ4n) is 2.27. The van der Waals surface area contributed by atoms with E-state index in [1.54, 1.807) is 14.0 Å². The Morgan fingerprint density at radius 1 is 1.05 bits per heavy atom. The number of aliphatic hydroxyl groups is 1. The maximum atomic E-state index is 9.90. The van der Waals surface area contributed by atoms with Crippen LogP contribution in [0, 0.1) is 0 Å². The van der Waals surface area contributed by atoms with Crippen LogP contribution < -0.4 is 4.74 Å². The van der Waals surface area contributed by atoms with Gasteiger partial charge in [-0.3, -0.25) is 0 Å². The van der Waals surface area contributed by atoms with E-state index < -0.39 is 6.10 Å². The van der Waals surface area contributed by atoms with Gasteiger partial charge in [-0.1, -0.05) is 36.4 Å².